The average Bonchev–Trinajstić information content (AvgIpc) is 3.50. The summed E-state index contributed by atoms with van der Waals surface area (Å²) in [5, 5.41) is 0. The number of esters is 3. The summed E-state index contributed by atoms with van der Waals surface area (Å²) < 4.78 is 17.0. The Bertz CT molecular complexity index is 1570. The van der Waals surface area contributed by atoms with E-state index in [1.54, 1.807) is 0 Å². The Morgan fingerprint density at radius 2 is 0.470 bits per heavy atom. The molecule has 0 aromatic carbocycles. The molecule has 83 heavy (non-hydrogen) atoms. The molecule has 0 spiro atoms. The van der Waals surface area contributed by atoms with Crippen LogP contribution in [0.25, 0.3) is 0 Å². The first-order valence-electron chi connectivity index (χ1n) is 36.1. The van der Waals surface area contributed by atoms with Gasteiger partial charge in [0.2, 0.25) is 0 Å². The Hall–Kier alpha value is -3.41. The topological polar surface area (TPSA) is 78.9 Å². The number of unbranched alkanes of at least 4 members (excludes halogenated alkanes) is 41. The molecule has 0 aliphatic heterocycles. The van der Waals surface area contributed by atoms with Gasteiger partial charge in [0, 0.05) is 19.3 Å². The highest BCUT2D eigenvalue weighted by Gasteiger charge is 2.19. The summed E-state index contributed by atoms with van der Waals surface area (Å²) in [6, 6.07) is 0. The first kappa shape index (κ1) is 79.6. The molecule has 1 unspecified atom stereocenters. The van der Waals surface area contributed by atoms with E-state index >= 15 is 0 Å². The van der Waals surface area contributed by atoms with Gasteiger partial charge in [-0.15, -0.1) is 0 Å². The number of carbonyl (C=O) groups is 3. The number of rotatable bonds is 66. The van der Waals surface area contributed by atoms with Crippen molar-refractivity contribution in [3.63, 3.8) is 0 Å². The fourth-order valence-corrected chi connectivity index (χ4v) is 10.5. The predicted octanol–water partition coefficient (Wildman–Crippen LogP) is 25.0. The van der Waals surface area contributed by atoms with E-state index in [0.29, 0.717) is 19.3 Å². The van der Waals surface area contributed by atoms with Gasteiger partial charge in [-0.1, -0.05) is 337 Å². The Labute approximate surface area is 515 Å². The smallest absolute Gasteiger partial charge is 0.306 e. The normalized spacial score (nSPS) is 12.6. The highest BCUT2D eigenvalue weighted by Crippen LogP contribution is 2.18. The van der Waals surface area contributed by atoms with Crippen LogP contribution in [0, 0.1) is 0 Å². The van der Waals surface area contributed by atoms with Crippen molar-refractivity contribution in [3.8, 4) is 0 Å². The summed E-state index contributed by atoms with van der Waals surface area (Å²) in [5.41, 5.74) is 0. The Morgan fingerprint density at radius 1 is 0.253 bits per heavy atom. The molecule has 6 nitrogen and oxygen atoms in total. The lowest BCUT2D eigenvalue weighted by Crippen LogP contribution is -2.30. The van der Waals surface area contributed by atoms with Crippen LogP contribution >= 0.6 is 0 Å². The molecule has 0 rings (SSSR count). The minimum absolute atomic E-state index is 0.0774. The minimum Gasteiger partial charge on any atom is -0.462 e. The van der Waals surface area contributed by atoms with Crippen LogP contribution in [0.15, 0.2) is 85.1 Å². The zero-order valence-corrected chi connectivity index (χ0v) is 55.2. The molecule has 0 heterocycles. The molecule has 0 saturated heterocycles. The van der Waals surface area contributed by atoms with Crippen LogP contribution in [0.1, 0.15) is 367 Å². The summed E-state index contributed by atoms with van der Waals surface area (Å²) >= 11 is 0. The number of ether oxygens (including phenoxy) is 3. The highest BCUT2D eigenvalue weighted by atomic mass is 16.6. The van der Waals surface area contributed by atoms with Crippen molar-refractivity contribution in [2.75, 3.05) is 13.2 Å². The Balaban J connectivity index is 4.29. The lowest BCUT2D eigenvalue weighted by atomic mass is 10.0. The van der Waals surface area contributed by atoms with Gasteiger partial charge in [-0.3, -0.25) is 14.4 Å². The molecule has 0 radical (unpaired) electrons. The van der Waals surface area contributed by atoms with Gasteiger partial charge in [0.15, 0.2) is 6.10 Å². The molecule has 0 saturated carbocycles. The SMILES string of the molecule is CC/C=C\C/C=C\C/C=C\C/C=C\C/C=C\CCCCCCCCCCCCCCCC(=O)OCC(COC(=O)CCCCCCC/C=C\C/C=C\CCCCCC)OC(=O)CCCCCCCCCCCCCCCCCCCCCC. The summed E-state index contributed by atoms with van der Waals surface area (Å²) in [5.74, 6) is -0.870. The Morgan fingerprint density at radius 3 is 0.747 bits per heavy atom. The summed E-state index contributed by atoms with van der Waals surface area (Å²) in [4.78, 5) is 38.5. The molecule has 0 N–H and O–H groups in total. The van der Waals surface area contributed by atoms with E-state index in [-0.39, 0.29) is 31.1 Å². The first-order valence-corrected chi connectivity index (χ1v) is 36.1. The van der Waals surface area contributed by atoms with Crippen molar-refractivity contribution in [2.45, 2.75) is 374 Å². The van der Waals surface area contributed by atoms with Crippen LogP contribution in [0.2, 0.25) is 0 Å². The van der Waals surface area contributed by atoms with Gasteiger partial charge in [0.05, 0.1) is 0 Å². The second-order valence-electron chi connectivity index (χ2n) is 24.1. The van der Waals surface area contributed by atoms with E-state index in [0.717, 1.165) is 109 Å². The van der Waals surface area contributed by atoms with Crippen LogP contribution in [-0.4, -0.2) is 37.2 Å². The minimum atomic E-state index is -0.782. The molecule has 6 heteroatoms. The number of hydrogen-bond acceptors (Lipinski definition) is 6. The third-order valence-corrected chi connectivity index (χ3v) is 15.9. The van der Waals surface area contributed by atoms with Crippen LogP contribution in [0.5, 0.6) is 0 Å². The van der Waals surface area contributed by atoms with Crippen LogP contribution in [-0.2, 0) is 28.6 Å². The number of allylic oxidation sites excluding steroid dienone is 14. The standard InChI is InChI=1S/C77H136O6/c1-4-7-10-13-16-19-22-25-28-31-33-35-36-37-38-39-40-41-42-43-45-46-49-52-55-58-61-64-67-70-76(79)82-73-74(72-81-75(78)69-66-63-60-57-54-51-48-30-27-24-21-18-15-12-9-6-3)83-77(80)71-68-65-62-59-56-53-50-47-44-34-32-29-26-23-20-17-14-11-8-5-2/h7,10,16,19,21,24-25,28,30,33,35,37-38,48,74H,4-6,8-9,11-15,17-18,20,22-23,26-27,29,31-32,34,36,39-47,49-73H2,1-3H3/b10-7-,19-16-,24-21-,28-25-,35-33-,38-37-,48-30-. The van der Waals surface area contributed by atoms with Gasteiger partial charge in [0.1, 0.15) is 13.2 Å². The lowest BCUT2D eigenvalue weighted by molar-refractivity contribution is -0.167. The molecular formula is C77H136O6. The fourth-order valence-electron chi connectivity index (χ4n) is 10.5. The maximum Gasteiger partial charge on any atom is 0.306 e. The van der Waals surface area contributed by atoms with Gasteiger partial charge in [-0.2, -0.15) is 0 Å². The van der Waals surface area contributed by atoms with Gasteiger partial charge in [-0.05, 0) is 96.3 Å². The van der Waals surface area contributed by atoms with Gasteiger partial charge in [-0.25, -0.2) is 0 Å². The van der Waals surface area contributed by atoms with E-state index in [2.05, 4.69) is 106 Å². The molecule has 0 bridgehead atoms. The van der Waals surface area contributed by atoms with Crippen LogP contribution in [0.4, 0.5) is 0 Å². The zero-order valence-electron chi connectivity index (χ0n) is 55.2. The van der Waals surface area contributed by atoms with Crippen LogP contribution < -0.4 is 0 Å². The highest BCUT2D eigenvalue weighted by molar-refractivity contribution is 5.71. The molecule has 0 aliphatic rings. The van der Waals surface area contributed by atoms with E-state index < -0.39 is 6.10 Å². The molecule has 480 valence electrons. The summed E-state index contributed by atoms with van der Waals surface area (Å²) in [6.07, 6.45) is 94.7. The molecule has 0 aromatic rings. The summed E-state index contributed by atoms with van der Waals surface area (Å²) in [6.45, 7) is 6.56. The predicted molar refractivity (Wildman–Crippen MR) is 362 cm³/mol. The summed E-state index contributed by atoms with van der Waals surface area (Å²) in [7, 11) is 0. The molecule has 0 aliphatic carbocycles. The molecule has 0 aromatic heterocycles. The van der Waals surface area contributed by atoms with Crippen molar-refractivity contribution in [2.24, 2.45) is 0 Å². The van der Waals surface area contributed by atoms with E-state index in [1.807, 2.05) is 0 Å². The fraction of sp³-hybridized carbons (Fsp3) is 0.779. The maximum atomic E-state index is 13.0. The van der Waals surface area contributed by atoms with Gasteiger partial charge in [0.25, 0.3) is 0 Å². The third-order valence-electron chi connectivity index (χ3n) is 15.9. The second-order valence-corrected chi connectivity index (χ2v) is 24.1. The Kier molecular flexibility index (Phi) is 68.2. The van der Waals surface area contributed by atoms with Crippen molar-refractivity contribution in [1.29, 1.82) is 0 Å². The van der Waals surface area contributed by atoms with Crippen LogP contribution in [0.3, 0.4) is 0 Å². The quantitative estimate of drug-likeness (QED) is 0.0261. The first-order chi connectivity index (χ1) is 41.0. The third kappa shape index (κ3) is 69.3. The maximum absolute atomic E-state index is 13.0. The van der Waals surface area contributed by atoms with Crippen molar-refractivity contribution in [3.05, 3.63) is 85.1 Å². The largest absolute Gasteiger partial charge is 0.462 e. The van der Waals surface area contributed by atoms with E-state index in [1.165, 1.54) is 218 Å². The van der Waals surface area contributed by atoms with Crippen molar-refractivity contribution in [1.82, 2.24) is 0 Å². The van der Waals surface area contributed by atoms with Crippen molar-refractivity contribution < 1.29 is 28.6 Å². The number of hydrogen-bond donors (Lipinski definition) is 0. The molecular weight excluding hydrogens is 1020 g/mol. The lowest BCUT2D eigenvalue weighted by Gasteiger charge is -2.18. The van der Waals surface area contributed by atoms with Crippen molar-refractivity contribution >= 4 is 17.9 Å². The van der Waals surface area contributed by atoms with E-state index in [9.17, 15) is 14.4 Å². The molecule has 0 fully saturated rings. The van der Waals surface area contributed by atoms with Gasteiger partial charge < -0.3 is 14.2 Å². The second kappa shape index (κ2) is 71.1. The monoisotopic (exact) mass is 1160 g/mol. The molecule has 1 atom stereocenters. The number of carbonyl (C=O) groups excluding carboxylic acids is 3. The van der Waals surface area contributed by atoms with Gasteiger partial charge >= 0.3 is 17.9 Å². The average molecular weight is 1160 g/mol. The zero-order chi connectivity index (χ0) is 59.9. The molecule has 0 amide bonds. The van der Waals surface area contributed by atoms with E-state index in [4.69, 9.17) is 14.2 Å².